The normalized spacial score (nSPS) is 15.0. The number of ether oxygens (including phenoxy) is 2. The fraction of sp³-hybridized carbons (Fsp3) is 0.471. The number of hydrogen-bond donors (Lipinski definition) is 0. The van der Waals surface area contributed by atoms with Crippen molar-refractivity contribution in [1.29, 1.82) is 0 Å². The summed E-state index contributed by atoms with van der Waals surface area (Å²) in [4.78, 5) is 10.9. The minimum atomic E-state index is -0.684. The van der Waals surface area contributed by atoms with Gasteiger partial charge in [0.25, 0.3) is 0 Å². The summed E-state index contributed by atoms with van der Waals surface area (Å²) in [5.74, 6) is 0.765. The van der Waals surface area contributed by atoms with Crippen LogP contribution in [0.5, 0.6) is 0 Å². The maximum atomic E-state index is 10.9. The van der Waals surface area contributed by atoms with Gasteiger partial charge in [0.15, 0.2) is 0 Å². The number of carbonyl (C=O) groups is 1. The summed E-state index contributed by atoms with van der Waals surface area (Å²) in [6.45, 7) is 3.67. The molecule has 0 radical (unpaired) electrons. The summed E-state index contributed by atoms with van der Waals surface area (Å²) in [6.07, 6.45) is 7.49. The predicted molar refractivity (Wildman–Crippen MR) is 78.6 cm³/mol. The zero-order valence-electron chi connectivity index (χ0n) is 11.8. The Balaban J connectivity index is 1.71. The van der Waals surface area contributed by atoms with Gasteiger partial charge in [-0.2, -0.15) is 0 Å². The monoisotopic (exact) mass is 274 g/mol. The van der Waals surface area contributed by atoms with Crippen molar-refractivity contribution in [1.82, 2.24) is 0 Å². The van der Waals surface area contributed by atoms with Gasteiger partial charge in [-0.25, -0.2) is 4.79 Å². The molecule has 0 saturated heterocycles. The van der Waals surface area contributed by atoms with E-state index in [1.807, 2.05) is 0 Å². The van der Waals surface area contributed by atoms with E-state index in [1.54, 1.807) is 0 Å². The lowest BCUT2D eigenvalue weighted by Gasteiger charge is -2.10. The van der Waals surface area contributed by atoms with Crippen LogP contribution < -0.4 is 0 Å². The Morgan fingerprint density at radius 1 is 1.25 bits per heavy atom. The van der Waals surface area contributed by atoms with Crippen molar-refractivity contribution in [2.75, 3.05) is 6.61 Å². The standard InChI is InChI=1S/C17H22O3/c1-2-19-17(18)20-13-5-6-14-9-11-16(12-10-14)15-7-3-4-8-15/h2,9-12,15H,1,3-8,13H2. The van der Waals surface area contributed by atoms with Gasteiger partial charge in [0, 0.05) is 0 Å². The van der Waals surface area contributed by atoms with Crippen LogP contribution in [0.3, 0.4) is 0 Å². The molecule has 1 aromatic carbocycles. The molecule has 1 aliphatic rings. The maximum absolute atomic E-state index is 10.9. The van der Waals surface area contributed by atoms with E-state index in [0.717, 1.165) is 25.0 Å². The first kappa shape index (κ1) is 14.6. The molecule has 1 aliphatic carbocycles. The van der Waals surface area contributed by atoms with E-state index in [2.05, 4.69) is 35.6 Å². The van der Waals surface area contributed by atoms with E-state index in [9.17, 15) is 4.79 Å². The molecule has 0 aliphatic heterocycles. The summed E-state index contributed by atoms with van der Waals surface area (Å²) in [6, 6.07) is 8.88. The highest BCUT2D eigenvalue weighted by molar-refractivity contribution is 5.60. The maximum Gasteiger partial charge on any atom is 0.513 e. The van der Waals surface area contributed by atoms with Crippen LogP contribution in [0.15, 0.2) is 37.1 Å². The third kappa shape index (κ3) is 4.41. The summed E-state index contributed by atoms with van der Waals surface area (Å²) in [7, 11) is 0. The Bertz CT molecular complexity index is 430. The molecule has 0 N–H and O–H groups in total. The van der Waals surface area contributed by atoms with Gasteiger partial charge in [-0.05, 0) is 42.7 Å². The Morgan fingerprint density at radius 2 is 1.95 bits per heavy atom. The first-order chi connectivity index (χ1) is 9.79. The molecule has 1 aromatic rings. The second-order valence-corrected chi connectivity index (χ2v) is 5.21. The summed E-state index contributed by atoms with van der Waals surface area (Å²) < 4.78 is 9.35. The average Bonchev–Trinajstić information content (AvgIpc) is 2.99. The van der Waals surface area contributed by atoms with Crippen molar-refractivity contribution in [3.05, 3.63) is 48.2 Å². The summed E-state index contributed by atoms with van der Waals surface area (Å²) in [5, 5.41) is 0. The lowest BCUT2D eigenvalue weighted by molar-refractivity contribution is 0.0840. The van der Waals surface area contributed by atoms with E-state index >= 15 is 0 Å². The highest BCUT2D eigenvalue weighted by Gasteiger charge is 2.16. The molecule has 0 bridgehead atoms. The molecule has 108 valence electrons. The number of benzene rings is 1. The van der Waals surface area contributed by atoms with Gasteiger partial charge < -0.3 is 9.47 Å². The van der Waals surface area contributed by atoms with Crippen molar-refractivity contribution >= 4 is 6.16 Å². The van der Waals surface area contributed by atoms with Crippen molar-refractivity contribution in [3.63, 3.8) is 0 Å². The molecular formula is C17H22O3. The molecule has 0 aromatic heterocycles. The van der Waals surface area contributed by atoms with Crippen LogP contribution in [-0.2, 0) is 15.9 Å². The van der Waals surface area contributed by atoms with Gasteiger partial charge in [-0.15, -0.1) is 0 Å². The molecule has 0 heterocycles. The highest BCUT2D eigenvalue weighted by Crippen LogP contribution is 2.33. The van der Waals surface area contributed by atoms with E-state index < -0.39 is 6.16 Å². The number of rotatable bonds is 6. The lowest BCUT2D eigenvalue weighted by atomic mass is 9.96. The third-order valence-corrected chi connectivity index (χ3v) is 3.82. The first-order valence-electron chi connectivity index (χ1n) is 7.33. The third-order valence-electron chi connectivity index (χ3n) is 3.82. The van der Waals surface area contributed by atoms with Crippen molar-refractivity contribution in [3.8, 4) is 0 Å². The molecule has 3 heteroatoms. The van der Waals surface area contributed by atoms with Crippen molar-refractivity contribution in [2.45, 2.75) is 44.4 Å². The molecule has 1 saturated carbocycles. The van der Waals surface area contributed by atoms with Crippen LogP contribution >= 0.6 is 0 Å². The van der Waals surface area contributed by atoms with Gasteiger partial charge >= 0.3 is 6.16 Å². The molecule has 0 spiro atoms. The molecule has 0 atom stereocenters. The number of carbonyl (C=O) groups excluding carboxylic acids is 1. The van der Waals surface area contributed by atoms with Gasteiger partial charge in [-0.1, -0.05) is 43.7 Å². The van der Waals surface area contributed by atoms with E-state index in [1.165, 1.54) is 36.8 Å². The molecule has 2 rings (SSSR count). The Kier molecular flexibility index (Phi) is 5.66. The molecule has 0 amide bonds. The largest absolute Gasteiger partial charge is 0.513 e. The van der Waals surface area contributed by atoms with Crippen LogP contribution in [0.1, 0.15) is 49.1 Å². The second kappa shape index (κ2) is 7.73. The zero-order chi connectivity index (χ0) is 14.2. The molecule has 3 nitrogen and oxygen atoms in total. The van der Waals surface area contributed by atoms with Gasteiger partial charge in [0.05, 0.1) is 12.9 Å². The predicted octanol–water partition coefficient (Wildman–Crippen LogP) is 4.57. The van der Waals surface area contributed by atoms with E-state index in [4.69, 9.17) is 4.74 Å². The minimum Gasteiger partial charge on any atom is -0.434 e. The fourth-order valence-electron chi connectivity index (χ4n) is 2.75. The Morgan fingerprint density at radius 3 is 2.60 bits per heavy atom. The van der Waals surface area contributed by atoms with Gasteiger partial charge in [0.2, 0.25) is 0 Å². The Hall–Kier alpha value is -1.77. The topological polar surface area (TPSA) is 35.5 Å². The lowest BCUT2D eigenvalue weighted by Crippen LogP contribution is -2.05. The number of aryl methyl sites for hydroxylation is 1. The Labute approximate surface area is 120 Å². The summed E-state index contributed by atoms with van der Waals surface area (Å²) >= 11 is 0. The summed E-state index contributed by atoms with van der Waals surface area (Å²) in [5.41, 5.74) is 2.75. The number of hydrogen-bond acceptors (Lipinski definition) is 3. The SMILES string of the molecule is C=COC(=O)OCCCc1ccc(C2CCCC2)cc1. The molecular weight excluding hydrogens is 252 g/mol. The fourth-order valence-corrected chi connectivity index (χ4v) is 2.75. The van der Waals surface area contributed by atoms with E-state index in [-0.39, 0.29) is 0 Å². The molecule has 0 unspecified atom stereocenters. The molecule has 1 fully saturated rings. The smallest absolute Gasteiger partial charge is 0.434 e. The minimum absolute atomic E-state index is 0.372. The van der Waals surface area contributed by atoms with E-state index in [0.29, 0.717) is 6.61 Å². The van der Waals surface area contributed by atoms with Crippen molar-refractivity contribution in [2.24, 2.45) is 0 Å². The van der Waals surface area contributed by atoms with Crippen LogP contribution in [-0.4, -0.2) is 12.8 Å². The van der Waals surface area contributed by atoms with Crippen LogP contribution in [0.25, 0.3) is 0 Å². The first-order valence-corrected chi connectivity index (χ1v) is 7.33. The quantitative estimate of drug-likeness (QED) is 0.433. The second-order valence-electron chi connectivity index (χ2n) is 5.21. The zero-order valence-corrected chi connectivity index (χ0v) is 11.8. The van der Waals surface area contributed by atoms with Crippen LogP contribution in [0, 0.1) is 0 Å². The van der Waals surface area contributed by atoms with Gasteiger partial charge in [-0.3, -0.25) is 0 Å². The highest BCUT2D eigenvalue weighted by atomic mass is 16.7. The van der Waals surface area contributed by atoms with Crippen LogP contribution in [0.4, 0.5) is 4.79 Å². The van der Waals surface area contributed by atoms with Crippen molar-refractivity contribution < 1.29 is 14.3 Å². The molecule has 20 heavy (non-hydrogen) atoms. The van der Waals surface area contributed by atoms with Gasteiger partial charge in [0.1, 0.15) is 0 Å². The van der Waals surface area contributed by atoms with Crippen LogP contribution in [0.2, 0.25) is 0 Å². The average molecular weight is 274 g/mol.